The summed E-state index contributed by atoms with van der Waals surface area (Å²) >= 11 is 0. The van der Waals surface area contributed by atoms with Crippen LogP contribution in [0.1, 0.15) is 44.1 Å². The Kier molecular flexibility index (Phi) is 3.05. The average Bonchev–Trinajstić information content (AvgIpc) is 2.56. The normalized spacial score (nSPS) is 18.7. The van der Waals surface area contributed by atoms with Crippen molar-refractivity contribution in [3.05, 3.63) is 29.8 Å². The number of hydrogen-bond donors (Lipinski definition) is 0. The van der Waals surface area contributed by atoms with Crippen LogP contribution in [-0.2, 0) is 4.79 Å². The predicted molar refractivity (Wildman–Crippen MR) is 59.0 cm³/mol. The van der Waals surface area contributed by atoms with E-state index in [1.165, 1.54) is 12.8 Å². The lowest BCUT2D eigenvalue weighted by molar-refractivity contribution is -0.134. The molecular formula is C13H16O2. The maximum atomic E-state index is 11.6. The Hall–Kier alpha value is -1.31. The summed E-state index contributed by atoms with van der Waals surface area (Å²) in [5.74, 6) is 0.657. The van der Waals surface area contributed by atoms with Gasteiger partial charge in [0.1, 0.15) is 5.75 Å². The quantitative estimate of drug-likeness (QED) is 0.427. The fraction of sp³-hybridized carbons (Fsp3) is 0.462. The maximum absolute atomic E-state index is 11.6. The molecule has 2 nitrogen and oxygen atoms in total. The SMILES string of the molecule is CCCCCC1C(=O)Oc2ccccc21. The van der Waals surface area contributed by atoms with Gasteiger partial charge in [0, 0.05) is 5.56 Å². The van der Waals surface area contributed by atoms with Crippen molar-refractivity contribution in [3.8, 4) is 5.75 Å². The number of fused-ring (bicyclic) bond motifs is 1. The van der Waals surface area contributed by atoms with Gasteiger partial charge < -0.3 is 4.74 Å². The molecule has 1 atom stereocenters. The molecule has 0 radical (unpaired) electrons. The van der Waals surface area contributed by atoms with Crippen molar-refractivity contribution in [1.29, 1.82) is 0 Å². The summed E-state index contributed by atoms with van der Waals surface area (Å²) in [7, 11) is 0. The third-order valence-corrected chi connectivity index (χ3v) is 2.89. The lowest BCUT2D eigenvalue weighted by Gasteiger charge is -2.05. The van der Waals surface area contributed by atoms with Crippen LogP contribution in [0.25, 0.3) is 0 Å². The Labute approximate surface area is 90.3 Å². The second-order valence-corrected chi connectivity index (χ2v) is 4.01. The van der Waals surface area contributed by atoms with E-state index < -0.39 is 0 Å². The fourth-order valence-electron chi connectivity index (χ4n) is 2.04. The van der Waals surface area contributed by atoms with Crippen LogP contribution in [0.2, 0.25) is 0 Å². The molecule has 0 aliphatic carbocycles. The first kappa shape index (κ1) is 10.2. The minimum Gasteiger partial charge on any atom is -0.426 e. The number of carbonyl (C=O) groups excluding carboxylic acids is 1. The number of hydrogen-bond acceptors (Lipinski definition) is 2. The largest absolute Gasteiger partial charge is 0.426 e. The summed E-state index contributed by atoms with van der Waals surface area (Å²) in [5.41, 5.74) is 1.07. The lowest BCUT2D eigenvalue weighted by Crippen LogP contribution is -2.09. The molecule has 2 heteroatoms. The highest BCUT2D eigenvalue weighted by molar-refractivity contribution is 5.85. The van der Waals surface area contributed by atoms with Gasteiger partial charge >= 0.3 is 5.97 Å². The Bertz CT molecular complexity index is 357. The molecule has 15 heavy (non-hydrogen) atoms. The molecule has 0 fully saturated rings. The van der Waals surface area contributed by atoms with Gasteiger partial charge in [0.15, 0.2) is 0 Å². The standard InChI is InChI=1S/C13H16O2/c1-2-3-4-8-11-10-7-5-6-9-12(10)15-13(11)14/h5-7,9,11H,2-4,8H2,1H3. The van der Waals surface area contributed by atoms with Crippen LogP contribution in [-0.4, -0.2) is 5.97 Å². The smallest absolute Gasteiger partial charge is 0.318 e. The van der Waals surface area contributed by atoms with Crippen molar-refractivity contribution >= 4 is 5.97 Å². The topological polar surface area (TPSA) is 26.3 Å². The summed E-state index contributed by atoms with van der Waals surface area (Å²) in [6, 6.07) is 7.73. The molecule has 1 unspecified atom stereocenters. The van der Waals surface area contributed by atoms with E-state index in [1.54, 1.807) is 0 Å². The Morgan fingerprint density at radius 1 is 1.27 bits per heavy atom. The van der Waals surface area contributed by atoms with Crippen LogP contribution in [0.4, 0.5) is 0 Å². The van der Waals surface area contributed by atoms with Crippen LogP contribution >= 0.6 is 0 Å². The van der Waals surface area contributed by atoms with Crippen LogP contribution in [0.15, 0.2) is 24.3 Å². The zero-order valence-corrected chi connectivity index (χ0v) is 9.03. The number of ether oxygens (including phenoxy) is 1. The minimum atomic E-state index is -0.0766. The second-order valence-electron chi connectivity index (χ2n) is 4.01. The molecule has 1 aromatic rings. The molecule has 1 aromatic carbocycles. The van der Waals surface area contributed by atoms with E-state index >= 15 is 0 Å². The highest BCUT2D eigenvalue weighted by atomic mass is 16.5. The summed E-state index contributed by atoms with van der Waals surface area (Å²) in [6.07, 6.45) is 4.39. The molecule has 0 amide bonds. The summed E-state index contributed by atoms with van der Waals surface area (Å²) in [5, 5.41) is 0. The van der Waals surface area contributed by atoms with Crippen LogP contribution in [0.3, 0.4) is 0 Å². The number of para-hydroxylation sites is 1. The molecule has 0 aromatic heterocycles. The van der Waals surface area contributed by atoms with E-state index in [0.717, 1.165) is 24.2 Å². The Morgan fingerprint density at radius 2 is 2.07 bits per heavy atom. The molecule has 1 aliphatic rings. The van der Waals surface area contributed by atoms with Crippen molar-refractivity contribution in [1.82, 2.24) is 0 Å². The molecule has 0 N–H and O–H groups in total. The van der Waals surface area contributed by atoms with Gasteiger partial charge in [-0.15, -0.1) is 0 Å². The fourth-order valence-corrected chi connectivity index (χ4v) is 2.04. The molecule has 80 valence electrons. The van der Waals surface area contributed by atoms with E-state index in [0.29, 0.717) is 0 Å². The number of carbonyl (C=O) groups is 1. The second kappa shape index (κ2) is 4.47. The van der Waals surface area contributed by atoms with Gasteiger partial charge in [-0.05, 0) is 12.5 Å². The van der Waals surface area contributed by atoms with Crippen LogP contribution < -0.4 is 4.74 Å². The zero-order chi connectivity index (χ0) is 10.7. The molecule has 0 saturated heterocycles. The van der Waals surface area contributed by atoms with Gasteiger partial charge in [-0.1, -0.05) is 44.4 Å². The van der Waals surface area contributed by atoms with E-state index in [-0.39, 0.29) is 11.9 Å². The molecule has 0 bridgehead atoms. The predicted octanol–water partition coefficient (Wildman–Crippen LogP) is 3.27. The van der Waals surface area contributed by atoms with Gasteiger partial charge in [0.2, 0.25) is 0 Å². The van der Waals surface area contributed by atoms with E-state index in [4.69, 9.17) is 4.74 Å². The Morgan fingerprint density at radius 3 is 2.87 bits per heavy atom. The van der Waals surface area contributed by atoms with Crippen molar-refractivity contribution in [2.45, 2.75) is 38.5 Å². The van der Waals surface area contributed by atoms with E-state index in [2.05, 4.69) is 6.92 Å². The molecule has 0 spiro atoms. The van der Waals surface area contributed by atoms with Gasteiger partial charge in [-0.2, -0.15) is 0 Å². The number of unbranched alkanes of at least 4 members (excludes halogenated alkanes) is 2. The molecule has 0 saturated carbocycles. The summed E-state index contributed by atoms with van der Waals surface area (Å²) < 4.78 is 5.21. The molecular weight excluding hydrogens is 188 g/mol. The Balaban J connectivity index is 2.08. The van der Waals surface area contributed by atoms with Gasteiger partial charge in [-0.25, -0.2) is 0 Å². The van der Waals surface area contributed by atoms with E-state index in [9.17, 15) is 4.79 Å². The van der Waals surface area contributed by atoms with Crippen molar-refractivity contribution < 1.29 is 9.53 Å². The third-order valence-electron chi connectivity index (χ3n) is 2.89. The summed E-state index contributed by atoms with van der Waals surface area (Å²) in [6.45, 7) is 2.17. The van der Waals surface area contributed by atoms with Crippen molar-refractivity contribution in [2.75, 3.05) is 0 Å². The average molecular weight is 204 g/mol. The number of esters is 1. The molecule has 1 heterocycles. The number of rotatable bonds is 4. The van der Waals surface area contributed by atoms with Gasteiger partial charge in [0.05, 0.1) is 5.92 Å². The lowest BCUT2D eigenvalue weighted by atomic mass is 9.95. The first-order valence-corrected chi connectivity index (χ1v) is 5.63. The molecule has 2 rings (SSSR count). The summed E-state index contributed by atoms with van der Waals surface area (Å²) in [4.78, 5) is 11.6. The third kappa shape index (κ3) is 2.04. The zero-order valence-electron chi connectivity index (χ0n) is 9.03. The molecule has 1 aliphatic heterocycles. The van der Waals surface area contributed by atoms with Crippen LogP contribution in [0, 0.1) is 0 Å². The number of benzene rings is 1. The van der Waals surface area contributed by atoms with Crippen molar-refractivity contribution in [3.63, 3.8) is 0 Å². The maximum Gasteiger partial charge on any atom is 0.318 e. The monoisotopic (exact) mass is 204 g/mol. The highest BCUT2D eigenvalue weighted by Gasteiger charge is 2.31. The van der Waals surface area contributed by atoms with E-state index in [1.807, 2.05) is 24.3 Å². The first-order valence-electron chi connectivity index (χ1n) is 5.63. The first-order chi connectivity index (χ1) is 7.33. The highest BCUT2D eigenvalue weighted by Crippen LogP contribution is 2.37. The van der Waals surface area contributed by atoms with Gasteiger partial charge in [-0.3, -0.25) is 4.79 Å². The minimum absolute atomic E-state index is 0.0206. The van der Waals surface area contributed by atoms with Crippen molar-refractivity contribution in [2.24, 2.45) is 0 Å². The van der Waals surface area contributed by atoms with Crippen LogP contribution in [0.5, 0.6) is 5.75 Å². The van der Waals surface area contributed by atoms with Gasteiger partial charge in [0.25, 0.3) is 0 Å².